The highest BCUT2D eigenvalue weighted by molar-refractivity contribution is 7.14. The zero-order chi connectivity index (χ0) is 10.5. The fourth-order valence-corrected chi connectivity index (χ4v) is 1.67. The maximum Gasteiger partial charge on any atom is 0.324 e. The number of anilines is 2. The van der Waals surface area contributed by atoms with E-state index in [0.717, 1.165) is 5.00 Å². The molecular formula is C10H9N3OS. The minimum atomic E-state index is -0.259. The zero-order valence-corrected chi connectivity index (χ0v) is 8.62. The third-order valence-electron chi connectivity index (χ3n) is 1.68. The first-order valence-corrected chi connectivity index (χ1v) is 5.24. The summed E-state index contributed by atoms with van der Waals surface area (Å²) in [5, 5.41) is 8.10. The first-order chi connectivity index (χ1) is 7.34. The molecular weight excluding hydrogens is 210 g/mol. The molecule has 4 nitrogen and oxygen atoms in total. The second-order valence-electron chi connectivity index (χ2n) is 2.80. The monoisotopic (exact) mass is 219 g/mol. The van der Waals surface area contributed by atoms with Crippen LogP contribution >= 0.6 is 11.3 Å². The van der Waals surface area contributed by atoms with Crippen molar-refractivity contribution < 1.29 is 4.79 Å². The first kappa shape index (κ1) is 9.67. The number of nitrogens with one attached hydrogen (secondary N) is 2. The molecule has 2 aromatic heterocycles. The van der Waals surface area contributed by atoms with Gasteiger partial charge in [0.2, 0.25) is 0 Å². The summed E-state index contributed by atoms with van der Waals surface area (Å²) in [5.74, 6) is 0. The van der Waals surface area contributed by atoms with E-state index in [2.05, 4.69) is 15.6 Å². The van der Waals surface area contributed by atoms with Crippen LogP contribution in [0.25, 0.3) is 0 Å². The van der Waals surface area contributed by atoms with Crippen molar-refractivity contribution in [3.8, 4) is 0 Å². The Bertz CT molecular complexity index is 427. The molecule has 2 amide bonds. The van der Waals surface area contributed by atoms with Gasteiger partial charge in [-0.3, -0.25) is 10.3 Å². The highest BCUT2D eigenvalue weighted by Crippen LogP contribution is 2.15. The second kappa shape index (κ2) is 4.56. The summed E-state index contributed by atoms with van der Waals surface area (Å²) in [5.41, 5.74) is 0.673. The van der Waals surface area contributed by atoms with Crippen LogP contribution in [0.1, 0.15) is 0 Å². The van der Waals surface area contributed by atoms with Crippen LogP contribution < -0.4 is 10.6 Å². The number of hydrogen-bond donors (Lipinski definition) is 2. The Labute approximate surface area is 91.0 Å². The molecule has 0 aromatic carbocycles. The van der Waals surface area contributed by atoms with E-state index in [1.807, 2.05) is 17.5 Å². The lowest BCUT2D eigenvalue weighted by molar-refractivity contribution is 0.262. The number of nitrogens with zero attached hydrogens (tertiary/aromatic N) is 1. The molecule has 0 aliphatic rings. The number of urea groups is 1. The lowest BCUT2D eigenvalue weighted by Gasteiger charge is -2.04. The number of amides is 2. The van der Waals surface area contributed by atoms with E-state index in [1.54, 1.807) is 24.5 Å². The van der Waals surface area contributed by atoms with Crippen molar-refractivity contribution in [2.75, 3.05) is 10.6 Å². The smallest absolute Gasteiger partial charge is 0.306 e. The van der Waals surface area contributed by atoms with Crippen LogP contribution in [-0.2, 0) is 0 Å². The van der Waals surface area contributed by atoms with Gasteiger partial charge in [0.15, 0.2) is 0 Å². The summed E-state index contributed by atoms with van der Waals surface area (Å²) >= 11 is 1.47. The van der Waals surface area contributed by atoms with Gasteiger partial charge in [0.1, 0.15) is 0 Å². The number of aromatic nitrogens is 1. The van der Waals surface area contributed by atoms with Gasteiger partial charge in [-0.25, -0.2) is 4.79 Å². The van der Waals surface area contributed by atoms with Crippen molar-refractivity contribution in [2.45, 2.75) is 0 Å². The minimum absolute atomic E-state index is 0.259. The van der Waals surface area contributed by atoms with Crippen molar-refractivity contribution in [3.63, 3.8) is 0 Å². The summed E-state index contributed by atoms with van der Waals surface area (Å²) in [4.78, 5) is 15.3. The third-order valence-corrected chi connectivity index (χ3v) is 2.46. The second-order valence-corrected chi connectivity index (χ2v) is 3.75. The molecule has 0 atom stereocenters. The summed E-state index contributed by atoms with van der Waals surface area (Å²) < 4.78 is 0. The number of thiophene rings is 1. The molecule has 5 heteroatoms. The molecule has 0 fully saturated rings. The zero-order valence-electron chi connectivity index (χ0n) is 7.81. The molecule has 15 heavy (non-hydrogen) atoms. The predicted molar refractivity (Wildman–Crippen MR) is 61.2 cm³/mol. The standard InChI is InChI=1S/C10H9N3OS/c14-10(13-9-4-2-6-15-9)12-8-3-1-5-11-7-8/h1-7H,(H2,12,13,14). The van der Waals surface area contributed by atoms with E-state index in [9.17, 15) is 4.79 Å². The van der Waals surface area contributed by atoms with Gasteiger partial charge in [-0.1, -0.05) is 0 Å². The van der Waals surface area contributed by atoms with Crippen LogP contribution in [0.3, 0.4) is 0 Å². The third kappa shape index (κ3) is 2.78. The van der Waals surface area contributed by atoms with E-state index < -0.39 is 0 Å². The maximum absolute atomic E-state index is 11.4. The van der Waals surface area contributed by atoms with Gasteiger partial charge in [0.25, 0.3) is 0 Å². The van der Waals surface area contributed by atoms with Crippen LogP contribution in [-0.4, -0.2) is 11.0 Å². The van der Waals surface area contributed by atoms with Gasteiger partial charge < -0.3 is 5.32 Å². The van der Waals surface area contributed by atoms with E-state index in [1.165, 1.54) is 11.3 Å². The van der Waals surface area contributed by atoms with Crippen LogP contribution in [0, 0.1) is 0 Å². The first-order valence-electron chi connectivity index (χ1n) is 4.36. The van der Waals surface area contributed by atoms with Crippen molar-refractivity contribution in [2.24, 2.45) is 0 Å². The molecule has 0 saturated carbocycles. The van der Waals surface area contributed by atoms with Crippen molar-refractivity contribution in [1.82, 2.24) is 4.98 Å². The summed E-state index contributed by atoms with van der Waals surface area (Å²) in [6, 6.07) is 7.00. The van der Waals surface area contributed by atoms with Gasteiger partial charge in [-0.2, -0.15) is 0 Å². The normalized spacial score (nSPS) is 9.60. The minimum Gasteiger partial charge on any atom is -0.306 e. The van der Waals surface area contributed by atoms with Gasteiger partial charge in [0.05, 0.1) is 16.9 Å². The summed E-state index contributed by atoms with van der Waals surface area (Å²) in [6.07, 6.45) is 3.25. The van der Waals surface area contributed by atoms with Crippen molar-refractivity contribution >= 4 is 28.1 Å². The Morgan fingerprint density at radius 1 is 1.27 bits per heavy atom. The Hall–Kier alpha value is -1.88. The molecule has 76 valence electrons. The average molecular weight is 219 g/mol. The van der Waals surface area contributed by atoms with E-state index >= 15 is 0 Å². The Kier molecular flexibility index (Phi) is 2.94. The fraction of sp³-hybridized carbons (Fsp3) is 0. The molecule has 2 rings (SSSR count). The lowest BCUT2D eigenvalue weighted by atomic mass is 10.4. The number of rotatable bonds is 2. The number of carbonyl (C=O) groups excluding carboxylic acids is 1. The molecule has 0 unspecified atom stereocenters. The average Bonchev–Trinajstić information content (AvgIpc) is 2.71. The maximum atomic E-state index is 11.4. The number of pyridine rings is 1. The quantitative estimate of drug-likeness (QED) is 0.816. The largest absolute Gasteiger partial charge is 0.324 e. The Balaban J connectivity index is 1.94. The number of carbonyl (C=O) groups is 1. The van der Waals surface area contributed by atoms with E-state index in [0.29, 0.717) is 5.69 Å². The highest BCUT2D eigenvalue weighted by Gasteiger charge is 2.02. The molecule has 0 spiro atoms. The van der Waals surface area contributed by atoms with Gasteiger partial charge in [0, 0.05) is 6.20 Å². The Morgan fingerprint density at radius 2 is 2.20 bits per heavy atom. The van der Waals surface area contributed by atoms with Crippen LogP contribution in [0.15, 0.2) is 42.0 Å². The highest BCUT2D eigenvalue weighted by atomic mass is 32.1. The molecule has 0 aliphatic carbocycles. The number of hydrogen-bond acceptors (Lipinski definition) is 3. The van der Waals surface area contributed by atoms with E-state index in [4.69, 9.17) is 0 Å². The molecule has 0 saturated heterocycles. The molecule has 0 radical (unpaired) electrons. The summed E-state index contributed by atoms with van der Waals surface area (Å²) in [6.45, 7) is 0. The van der Waals surface area contributed by atoms with Crippen LogP contribution in [0.4, 0.5) is 15.5 Å². The van der Waals surface area contributed by atoms with Gasteiger partial charge >= 0.3 is 6.03 Å². The molecule has 2 heterocycles. The topological polar surface area (TPSA) is 54.0 Å². The Morgan fingerprint density at radius 3 is 2.87 bits per heavy atom. The molecule has 2 N–H and O–H groups in total. The van der Waals surface area contributed by atoms with Gasteiger partial charge in [-0.05, 0) is 29.6 Å². The summed E-state index contributed by atoms with van der Waals surface area (Å²) in [7, 11) is 0. The van der Waals surface area contributed by atoms with Crippen LogP contribution in [0.5, 0.6) is 0 Å². The van der Waals surface area contributed by atoms with E-state index in [-0.39, 0.29) is 6.03 Å². The molecule has 0 bridgehead atoms. The van der Waals surface area contributed by atoms with Gasteiger partial charge in [-0.15, -0.1) is 11.3 Å². The predicted octanol–water partition coefficient (Wildman–Crippen LogP) is 2.79. The molecule has 2 aromatic rings. The van der Waals surface area contributed by atoms with Crippen molar-refractivity contribution in [3.05, 3.63) is 42.0 Å². The lowest BCUT2D eigenvalue weighted by Crippen LogP contribution is -2.18. The fourth-order valence-electron chi connectivity index (χ4n) is 1.06. The van der Waals surface area contributed by atoms with Crippen LogP contribution in [0.2, 0.25) is 0 Å². The molecule has 0 aliphatic heterocycles. The SMILES string of the molecule is O=C(Nc1cccnc1)Nc1cccs1. The van der Waals surface area contributed by atoms with Crippen molar-refractivity contribution in [1.29, 1.82) is 0 Å².